The Kier molecular flexibility index (Phi) is 3.90. The SMILES string of the molecule is Cc1cc(CNCc2ccccc2C(F)(F)F)n[nH]1. The molecular formula is C13H14F3N3. The number of nitrogens with one attached hydrogen (secondary N) is 2. The Balaban J connectivity index is 2.00. The zero-order chi connectivity index (χ0) is 13.9. The maximum atomic E-state index is 12.8. The van der Waals surface area contributed by atoms with Crippen LogP contribution >= 0.6 is 0 Å². The number of benzene rings is 1. The maximum Gasteiger partial charge on any atom is 0.416 e. The van der Waals surface area contributed by atoms with Gasteiger partial charge in [-0.25, -0.2) is 0 Å². The molecule has 6 heteroatoms. The molecule has 0 spiro atoms. The van der Waals surface area contributed by atoms with Gasteiger partial charge in [-0.3, -0.25) is 5.10 Å². The van der Waals surface area contributed by atoms with Crippen molar-refractivity contribution >= 4 is 0 Å². The van der Waals surface area contributed by atoms with E-state index in [1.54, 1.807) is 6.07 Å². The zero-order valence-electron chi connectivity index (χ0n) is 10.4. The molecule has 0 saturated carbocycles. The highest BCUT2D eigenvalue weighted by molar-refractivity contribution is 5.29. The predicted molar refractivity (Wildman–Crippen MR) is 65.3 cm³/mol. The Morgan fingerprint density at radius 3 is 2.58 bits per heavy atom. The second kappa shape index (κ2) is 5.44. The second-order valence-electron chi connectivity index (χ2n) is 4.30. The van der Waals surface area contributed by atoms with E-state index in [1.807, 2.05) is 13.0 Å². The quantitative estimate of drug-likeness (QED) is 0.895. The fraction of sp³-hybridized carbons (Fsp3) is 0.308. The minimum atomic E-state index is -4.32. The maximum absolute atomic E-state index is 12.8. The van der Waals surface area contributed by atoms with Crippen molar-refractivity contribution in [3.63, 3.8) is 0 Å². The molecule has 1 aromatic carbocycles. The molecule has 3 nitrogen and oxygen atoms in total. The van der Waals surface area contributed by atoms with Crippen LogP contribution < -0.4 is 5.32 Å². The molecule has 1 heterocycles. The summed E-state index contributed by atoms with van der Waals surface area (Å²) < 4.78 is 38.3. The zero-order valence-corrected chi connectivity index (χ0v) is 10.4. The molecule has 0 bridgehead atoms. The third kappa shape index (κ3) is 3.57. The van der Waals surface area contributed by atoms with Crippen LogP contribution in [-0.4, -0.2) is 10.2 Å². The van der Waals surface area contributed by atoms with Crippen LogP contribution in [0, 0.1) is 6.92 Å². The molecule has 2 rings (SSSR count). The van der Waals surface area contributed by atoms with E-state index in [0.29, 0.717) is 6.54 Å². The fourth-order valence-corrected chi connectivity index (χ4v) is 1.84. The summed E-state index contributed by atoms with van der Waals surface area (Å²) in [6.07, 6.45) is -4.32. The van der Waals surface area contributed by atoms with Crippen molar-refractivity contribution in [1.29, 1.82) is 0 Å². The number of nitrogens with zero attached hydrogens (tertiary/aromatic N) is 1. The first-order chi connectivity index (χ1) is 8.97. The third-order valence-corrected chi connectivity index (χ3v) is 2.70. The van der Waals surface area contributed by atoms with Gasteiger partial charge in [-0.05, 0) is 24.6 Å². The highest BCUT2D eigenvalue weighted by Gasteiger charge is 2.32. The summed E-state index contributed by atoms with van der Waals surface area (Å²) in [5.41, 5.74) is 1.34. The predicted octanol–water partition coefficient (Wildman–Crippen LogP) is 3.03. The minimum absolute atomic E-state index is 0.154. The van der Waals surface area contributed by atoms with Gasteiger partial charge in [-0.15, -0.1) is 0 Å². The molecule has 2 N–H and O–H groups in total. The Morgan fingerprint density at radius 2 is 1.95 bits per heavy atom. The van der Waals surface area contributed by atoms with Crippen LogP contribution in [0.15, 0.2) is 30.3 Å². The summed E-state index contributed by atoms with van der Waals surface area (Å²) in [6.45, 7) is 2.45. The van der Waals surface area contributed by atoms with Gasteiger partial charge in [0.2, 0.25) is 0 Å². The molecule has 102 valence electrons. The fourth-order valence-electron chi connectivity index (χ4n) is 1.84. The summed E-state index contributed by atoms with van der Waals surface area (Å²) in [4.78, 5) is 0. The first-order valence-corrected chi connectivity index (χ1v) is 5.83. The number of hydrogen-bond donors (Lipinski definition) is 2. The molecule has 19 heavy (non-hydrogen) atoms. The average molecular weight is 269 g/mol. The number of aromatic nitrogens is 2. The minimum Gasteiger partial charge on any atom is -0.307 e. The lowest BCUT2D eigenvalue weighted by Crippen LogP contribution is -2.17. The molecule has 1 aromatic heterocycles. The Hall–Kier alpha value is -1.82. The number of aromatic amines is 1. The summed E-state index contributed by atoms with van der Waals surface area (Å²) in [7, 11) is 0. The lowest BCUT2D eigenvalue weighted by molar-refractivity contribution is -0.138. The van der Waals surface area contributed by atoms with Crippen molar-refractivity contribution in [2.75, 3.05) is 0 Å². The number of rotatable bonds is 4. The molecule has 0 fully saturated rings. The molecule has 0 atom stereocenters. The van der Waals surface area contributed by atoms with E-state index in [0.717, 1.165) is 17.5 Å². The van der Waals surface area contributed by atoms with Crippen molar-refractivity contribution in [3.05, 3.63) is 52.8 Å². The molecule has 0 radical (unpaired) electrons. The standard InChI is InChI=1S/C13H14F3N3/c1-9-6-11(19-18-9)8-17-7-10-4-2-3-5-12(10)13(14,15)16/h2-6,17H,7-8H2,1H3,(H,18,19). The van der Waals surface area contributed by atoms with E-state index in [1.165, 1.54) is 12.1 Å². The van der Waals surface area contributed by atoms with Crippen LogP contribution in [0.25, 0.3) is 0 Å². The molecule has 0 unspecified atom stereocenters. The Bertz CT molecular complexity index is 546. The first-order valence-electron chi connectivity index (χ1n) is 5.83. The highest BCUT2D eigenvalue weighted by Crippen LogP contribution is 2.31. The van der Waals surface area contributed by atoms with Crippen molar-refractivity contribution in [3.8, 4) is 0 Å². The lowest BCUT2D eigenvalue weighted by Gasteiger charge is -2.12. The molecule has 0 saturated heterocycles. The second-order valence-corrected chi connectivity index (χ2v) is 4.30. The van der Waals surface area contributed by atoms with Gasteiger partial charge < -0.3 is 5.32 Å². The van der Waals surface area contributed by atoms with Crippen LogP contribution in [0.5, 0.6) is 0 Å². The van der Waals surface area contributed by atoms with Gasteiger partial charge in [-0.2, -0.15) is 18.3 Å². The number of H-pyrrole nitrogens is 1. The molecule has 0 aliphatic heterocycles. The van der Waals surface area contributed by atoms with E-state index >= 15 is 0 Å². The third-order valence-electron chi connectivity index (χ3n) is 2.70. The first kappa shape index (κ1) is 13.6. The lowest BCUT2D eigenvalue weighted by atomic mass is 10.1. The van der Waals surface area contributed by atoms with Crippen LogP contribution in [0.3, 0.4) is 0 Å². The smallest absolute Gasteiger partial charge is 0.307 e. The number of aryl methyl sites for hydroxylation is 1. The van der Waals surface area contributed by atoms with E-state index in [4.69, 9.17) is 0 Å². The largest absolute Gasteiger partial charge is 0.416 e. The summed E-state index contributed by atoms with van der Waals surface area (Å²) in [5, 5.41) is 9.75. The topological polar surface area (TPSA) is 40.7 Å². The summed E-state index contributed by atoms with van der Waals surface area (Å²) in [6, 6.07) is 7.42. The van der Waals surface area contributed by atoms with Crippen LogP contribution in [-0.2, 0) is 19.3 Å². The van der Waals surface area contributed by atoms with Crippen LogP contribution in [0.2, 0.25) is 0 Å². The van der Waals surface area contributed by atoms with Gasteiger partial charge >= 0.3 is 6.18 Å². The summed E-state index contributed by atoms with van der Waals surface area (Å²) in [5.74, 6) is 0. The molecule has 0 amide bonds. The van der Waals surface area contributed by atoms with E-state index in [2.05, 4.69) is 15.5 Å². The summed E-state index contributed by atoms with van der Waals surface area (Å²) >= 11 is 0. The van der Waals surface area contributed by atoms with Crippen LogP contribution in [0.1, 0.15) is 22.5 Å². The molecule has 2 aromatic rings. The number of halogens is 3. The van der Waals surface area contributed by atoms with Gasteiger partial charge in [0, 0.05) is 18.8 Å². The van der Waals surface area contributed by atoms with E-state index in [9.17, 15) is 13.2 Å². The average Bonchev–Trinajstić information content (AvgIpc) is 2.74. The molecule has 0 aliphatic rings. The normalized spacial score (nSPS) is 11.8. The van der Waals surface area contributed by atoms with Gasteiger partial charge in [0.05, 0.1) is 11.3 Å². The van der Waals surface area contributed by atoms with Crippen molar-refractivity contribution in [2.45, 2.75) is 26.2 Å². The van der Waals surface area contributed by atoms with E-state index < -0.39 is 11.7 Å². The Labute approximate surface area is 108 Å². The van der Waals surface area contributed by atoms with Crippen molar-refractivity contribution < 1.29 is 13.2 Å². The molecule has 0 aliphatic carbocycles. The van der Waals surface area contributed by atoms with Crippen molar-refractivity contribution in [1.82, 2.24) is 15.5 Å². The van der Waals surface area contributed by atoms with Crippen molar-refractivity contribution in [2.24, 2.45) is 0 Å². The van der Waals surface area contributed by atoms with Gasteiger partial charge in [-0.1, -0.05) is 18.2 Å². The number of hydrogen-bond acceptors (Lipinski definition) is 2. The van der Waals surface area contributed by atoms with E-state index in [-0.39, 0.29) is 12.1 Å². The number of alkyl halides is 3. The monoisotopic (exact) mass is 269 g/mol. The van der Waals surface area contributed by atoms with Crippen LogP contribution in [0.4, 0.5) is 13.2 Å². The highest BCUT2D eigenvalue weighted by atomic mass is 19.4. The Morgan fingerprint density at radius 1 is 1.21 bits per heavy atom. The molecular weight excluding hydrogens is 255 g/mol. The van der Waals surface area contributed by atoms with Gasteiger partial charge in [0.25, 0.3) is 0 Å². The van der Waals surface area contributed by atoms with Gasteiger partial charge in [0.15, 0.2) is 0 Å². The van der Waals surface area contributed by atoms with Gasteiger partial charge in [0.1, 0.15) is 0 Å².